The van der Waals surface area contributed by atoms with E-state index in [0.29, 0.717) is 24.2 Å². The zero-order chi connectivity index (χ0) is 20.2. The average molecular weight is 387 g/mol. The molecule has 0 aliphatic heterocycles. The first-order chi connectivity index (χ1) is 14.1. The molecule has 0 fully saturated rings. The van der Waals surface area contributed by atoms with Gasteiger partial charge in [-0.05, 0) is 24.3 Å². The number of hydrogen-bond acceptors (Lipinski definition) is 6. The molecular weight excluding hydrogens is 370 g/mol. The van der Waals surface area contributed by atoms with Gasteiger partial charge in [0.05, 0.1) is 4.92 Å². The van der Waals surface area contributed by atoms with Gasteiger partial charge in [-0.1, -0.05) is 36.4 Å². The van der Waals surface area contributed by atoms with Crippen molar-refractivity contribution < 1.29 is 9.72 Å². The van der Waals surface area contributed by atoms with Crippen LogP contribution in [0.2, 0.25) is 0 Å². The lowest BCUT2D eigenvalue weighted by Crippen LogP contribution is -2.10. The van der Waals surface area contributed by atoms with Crippen LogP contribution in [0, 0.1) is 10.1 Å². The van der Waals surface area contributed by atoms with E-state index in [4.69, 9.17) is 0 Å². The molecule has 4 rings (SSSR count). The number of hydrogen-bond donors (Lipinski definition) is 1. The van der Waals surface area contributed by atoms with E-state index in [9.17, 15) is 14.9 Å². The van der Waals surface area contributed by atoms with Crippen molar-refractivity contribution in [2.45, 2.75) is 6.42 Å². The van der Waals surface area contributed by atoms with Crippen LogP contribution < -0.4 is 5.32 Å². The van der Waals surface area contributed by atoms with Crippen molar-refractivity contribution in [3.63, 3.8) is 0 Å². The normalized spacial score (nSPS) is 10.8. The number of nitro groups is 1. The van der Waals surface area contributed by atoms with E-state index in [1.54, 1.807) is 36.4 Å². The smallest absolute Gasteiger partial charge is 0.293 e. The number of aromatic nitrogens is 3. The van der Waals surface area contributed by atoms with Gasteiger partial charge in [0.2, 0.25) is 0 Å². The van der Waals surface area contributed by atoms with Crippen molar-refractivity contribution in [3.05, 3.63) is 100.0 Å². The fourth-order valence-electron chi connectivity index (χ4n) is 3.10. The van der Waals surface area contributed by atoms with Crippen LogP contribution in [0.3, 0.4) is 0 Å². The number of nitrogens with one attached hydrogen (secondary N) is 1. The van der Waals surface area contributed by atoms with Crippen molar-refractivity contribution in [1.29, 1.82) is 0 Å². The molecule has 2 aromatic heterocycles. The van der Waals surface area contributed by atoms with E-state index in [-0.39, 0.29) is 17.0 Å². The Morgan fingerprint density at radius 2 is 1.79 bits per heavy atom. The van der Waals surface area contributed by atoms with E-state index >= 15 is 0 Å². The molecule has 144 valence electrons. The van der Waals surface area contributed by atoms with E-state index < -0.39 is 4.92 Å². The van der Waals surface area contributed by atoms with Gasteiger partial charge in [0.25, 0.3) is 5.69 Å². The molecule has 0 spiro atoms. The van der Waals surface area contributed by atoms with Crippen LogP contribution in [0.15, 0.2) is 72.9 Å². The van der Waals surface area contributed by atoms with Crippen LogP contribution in [-0.4, -0.2) is 31.8 Å². The number of pyridine rings is 1. The molecular formula is C21H17N5O3. The number of anilines is 1. The fraction of sp³-hybridized carbons (Fsp3) is 0.0952. The lowest BCUT2D eigenvalue weighted by molar-refractivity contribution is -0.384. The third kappa shape index (κ3) is 3.81. The molecule has 0 bridgehead atoms. The lowest BCUT2D eigenvalue weighted by atomic mass is 10.0. The van der Waals surface area contributed by atoms with Crippen LogP contribution in [-0.2, 0) is 6.42 Å². The van der Waals surface area contributed by atoms with Gasteiger partial charge in [0, 0.05) is 36.4 Å². The van der Waals surface area contributed by atoms with Crippen LogP contribution in [0.1, 0.15) is 21.7 Å². The summed E-state index contributed by atoms with van der Waals surface area (Å²) < 4.78 is 1.87. The number of nitro benzene ring substituents is 1. The van der Waals surface area contributed by atoms with Crippen molar-refractivity contribution in [2.24, 2.45) is 0 Å². The molecule has 0 unspecified atom stereocenters. The van der Waals surface area contributed by atoms with Gasteiger partial charge in [-0.2, -0.15) is 0 Å². The van der Waals surface area contributed by atoms with E-state index in [1.807, 2.05) is 34.9 Å². The summed E-state index contributed by atoms with van der Waals surface area (Å²) in [5.74, 6) is 0.502. The minimum Gasteiger partial charge on any atom is -0.379 e. The molecule has 0 saturated heterocycles. The largest absolute Gasteiger partial charge is 0.379 e. The Balaban J connectivity index is 1.51. The maximum absolute atomic E-state index is 12.6. The van der Waals surface area contributed by atoms with Crippen LogP contribution >= 0.6 is 0 Å². The number of rotatable bonds is 7. The second-order valence-electron chi connectivity index (χ2n) is 6.41. The summed E-state index contributed by atoms with van der Waals surface area (Å²) in [7, 11) is 0. The Kier molecular flexibility index (Phi) is 4.98. The summed E-state index contributed by atoms with van der Waals surface area (Å²) in [4.78, 5) is 23.6. The summed E-state index contributed by atoms with van der Waals surface area (Å²) in [6.07, 6.45) is 2.41. The van der Waals surface area contributed by atoms with Gasteiger partial charge in [-0.25, -0.2) is 0 Å². The lowest BCUT2D eigenvalue weighted by Gasteiger charge is -2.08. The Labute approximate surface area is 166 Å². The minimum atomic E-state index is -0.490. The topological polar surface area (TPSA) is 102 Å². The van der Waals surface area contributed by atoms with E-state index in [0.717, 1.165) is 11.5 Å². The third-order valence-corrected chi connectivity index (χ3v) is 4.54. The first kappa shape index (κ1) is 18.3. The monoisotopic (exact) mass is 387 g/mol. The molecule has 0 atom stereocenters. The summed E-state index contributed by atoms with van der Waals surface area (Å²) in [6, 6.07) is 18.8. The summed E-state index contributed by atoms with van der Waals surface area (Å²) >= 11 is 0. The van der Waals surface area contributed by atoms with Crippen LogP contribution in [0.25, 0.3) is 5.65 Å². The number of carbonyl (C=O) groups is 1. The highest BCUT2D eigenvalue weighted by atomic mass is 16.6. The minimum absolute atomic E-state index is 0.141. The summed E-state index contributed by atoms with van der Waals surface area (Å²) in [5.41, 5.74) is 1.72. The molecule has 0 radical (unpaired) electrons. The van der Waals surface area contributed by atoms with Gasteiger partial charge in [0.15, 0.2) is 11.4 Å². The second-order valence-corrected chi connectivity index (χ2v) is 6.41. The Morgan fingerprint density at radius 1 is 1.00 bits per heavy atom. The number of benzene rings is 2. The van der Waals surface area contributed by atoms with Crippen molar-refractivity contribution >= 4 is 22.8 Å². The maximum atomic E-state index is 12.6. The number of fused-ring (bicyclic) bond motifs is 1. The van der Waals surface area contributed by atoms with Gasteiger partial charge in [0.1, 0.15) is 11.5 Å². The quantitative estimate of drug-likeness (QED) is 0.296. The zero-order valence-electron chi connectivity index (χ0n) is 15.4. The molecule has 0 saturated carbocycles. The molecule has 29 heavy (non-hydrogen) atoms. The molecule has 0 aliphatic carbocycles. The molecule has 2 aromatic carbocycles. The molecule has 4 aromatic rings. The maximum Gasteiger partial charge on any atom is 0.293 e. The average Bonchev–Trinajstić information content (AvgIpc) is 3.17. The van der Waals surface area contributed by atoms with Crippen molar-refractivity contribution in [1.82, 2.24) is 14.6 Å². The first-order valence-electron chi connectivity index (χ1n) is 9.04. The number of nitrogens with zero attached hydrogens (tertiary/aromatic N) is 4. The summed E-state index contributed by atoms with van der Waals surface area (Å²) in [5, 5.41) is 22.8. The number of ketones is 1. The Morgan fingerprint density at radius 3 is 2.59 bits per heavy atom. The van der Waals surface area contributed by atoms with Crippen molar-refractivity contribution in [3.8, 4) is 0 Å². The highest BCUT2D eigenvalue weighted by Gasteiger charge is 2.18. The van der Waals surface area contributed by atoms with Crippen LogP contribution in [0.5, 0.6) is 0 Å². The highest BCUT2D eigenvalue weighted by molar-refractivity contribution is 6.09. The molecule has 8 nitrogen and oxygen atoms in total. The predicted octanol–water partition coefficient (Wildman–Crippen LogP) is 3.52. The van der Waals surface area contributed by atoms with Gasteiger partial charge < -0.3 is 5.32 Å². The molecule has 0 amide bonds. The molecule has 1 N–H and O–H groups in total. The Bertz CT molecular complexity index is 1190. The molecule has 8 heteroatoms. The van der Waals surface area contributed by atoms with Crippen LogP contribution in [0.4, 0.5) is 11.4 Å². The van der Waals surface area contributed by atoms with Gasteiger partial charge in [-0.15, -0.1) is 10.2 Å². The predicted molar refractivity (Wildman–Crippen MR) is 108 cm³/mol. The molecule has 2 heterocycles. The van der Waals surface area contributed by atoms with E-state index in [1.165, 1.54) is 6.07 Å². The zero-order valence-corrected chi connectivity index (χ0v) is 15.4. The first-order valence-corrected chi connectivity index (χ1v) is 9.04. The number of carbonyl (C=O) groups excluding carboxylic acids is 1. The van der Waals surface area contributed by atoms with Gasteiger partial charge >= 0.3 is 0 Å². The summed E-state index contributed by atoms with van der Waals surface area (Å²) in [6.45, 7) is 0.433. The Hall–Kier alpha value is -4.07. The molecule has 0 aliphatic rings. The third-order valence-electron chi connectivity index (χ3n) is 4.54. The van der Waals surface area contributed by atoms with Crippen molar-refractivity contribution in [2.75, 3.05) is 11.9 Å². The SMILES string of the molecule is O=C(c1ccccc1)c1ccc(NCCc2nnc3ccccn23)c([N+](=O)[O-])c1. The second kappa shape index (κ2) is 7.89. The van der Waals surface area contributed by atoms with E-state index in [2.05, 4.69) is 15.5 Å². The fourth-order valence-corrected chi connectivity index (χ4v) is 3.10. The highest BCUT2D eigenvalue weighted by Crippen LogP contribution is 2.26. The standard InChI is InChI=1S/C21H17N5O3/c27-21(15-6-2-1-3-7-15)16-9-10-17(18(14-16)26(28)29)22-12-11-20-24-23-19-8-4-5-13-25(19)20/h1-10,13-14,22H,11-12H2. The van der Waals surface area contributed by atoms with Gasteiger partial charge in [-0.3, -0.25) is 19.3 Å².